The predicted molar refractivity (Wildman–Crippen MR) is 122 cm³/mol. The van der Waals surface area contributed by atoms with Crippen molar-refractivity contribution in [2.75, 3.05) is 0 Å². The van der Waals surface area contributed by atoms with Crippen molar-refractivity contribution in [2.24, 2.45) is 5.73 Å². The number of alkyl halides is 5. The SMILES string of the molecule is NC(=O)c1cc(OCc2ccc(C3(C(F)(F)F)CC3)cc2)c2sc(C(F)(F)P(=O)(O)O)c(Br)c2c1. The summed E-state index contributed by atoms with van der Waals surface area (Å²) in [6, 6.07) is 8.00. The van der Waals surface area contributed by atoms with Gasteiger partial charge >= 0.3 is 19.4 Å². The number of amides is 1. The number of halogens is 6. The van der Waals surface area contributed by atoms with Crippen LogP contribution < -0.4 is 10.5 Å². The summed E-state index contributed by atoms with van der Waals surface area (Å²) in [5.74, 6) is -0.961. The van der Waals surface area contributed by atoms with E-state index in [4.69, 9.17) is 20.3 Å². The molecule has 4 N–H and O–H groups in total. The van der Waals surface area contributed by atoms with Crippen LogP contribution in [0, 0.1) is 0 Å². The number of benzene rings is 2. The van der Waals surface area contributed by atoms with E-state index in [1.165, 1.54) is 36.4 Å². The van der Waals surface area contributed by atoms with Crippen LogP contribution in [0.4, 0.5) is 22.0 Å². The van der Waals surface area contributed by atoms with E-state index in [1.54, 1.807) is 0 Å². The maximum Gasteiger partial charge on any atom is 0.400 e. The van der Waals surface area contributed by atoms with Crippen LogP contribution in [0.15, 0.2) is 40.9 Å². The van der Waals surface area contributed by atoms with Gasteiger partial charge in [0, 0.05) is 15.4 Å². The maximum absolute atomic E-state index is 14.4. The van der Waals surface area contributed by atoms with Crippen molar-refractivity contribution in [1.29, 1.82) is 0 Å². The fourth-order valence-electron chi connectivity index (χ4n) is 3.66. The highest BCUT2D eigenvalue weighted by Crippen LogP contribution is 2.63. The number of primary amides is 1. The summed E-state index contributed by atoms with van der Waals surface area (Å²) in [6.45, 7) is -0.184. The van der Waals surface area contributed by atoms with Gasteiger partial charge in [-0.15, -0.1) is 11.3 Å². The standard InChI is InChI=1S/C21H16BrF5NO5PS/c22-15-13-7-11(18(28)29)8-14(16(13)35-17(15)20(23,24)34(30,31)32)33-9-10-1-3-12(4-2-10)19(5-6-19)21(25,26)27/h1-4,7-8H,5-6,9H2,(H2,28,29)(H2,30,31,32). The number of rotatable bonds is 7. The highest BCUT2D eigenvalue weighted by molar-refractivity contribution is 9.10. The van der Waals surface area contributed by atoms with Gasteiger partial charge in [0.15, 0.2) is 0 Å². The maximum atomic E-state index is 14.4. The molecule has 1 aliphatic rings. The minimum absolute atomic E-state index is 0.0130. The van der Waals surface area contributed by atoms with Gasteiger partial charge in [0.1, 0.15) is 17.2 Å². The molecular formula is C21H16BrF5NO5PS. The van der Waals surface area contributed by atoms with Crippen LogP contribution in [-0.2, 0) is 22.3 Å². The lowest BCUT2D eigenvalue weighted by molar-refractivity contribution is -0.160. The molecule has 1 amide bonds. The third-order valence-corrected chi connectivity index (χ3v) is 9.29. The molecule has 0 atom stereocenters. The molecule has 0 saturated heterocycles. The summed E-state index contributed by atoms with van der Waals surface area (Å²) in [5, 5.41) is 0.0284. The number of fused-ring (bicyclic) bond motifs is 1. The first-order chi connectivity index (χ1) is 16.1. The number of ether oxygens (including phenoxy) is 1. The Kier molecular flexibility index (Phi) is 6.33. The van der Waals surface area contributed by atoms with Crippen LogP contribution in [-0.4, -0.2) is 21.9 Å². The first-order valence-corrected chi connectivity index (χ1v) is 13.1. The molecule has 0 bridgehead atoms. The van der Waals surface area contributed by atoms with Crippen molar-refractivity contribution in [3.05, 3.63) is 62.4 Å². The van der Waals surface area contributed by atoms with E-state index in [0.29, 0.717) is 16.9 Å². The molecule has 4 rings (SSSR count). The number of nitrogens with two attached hydrogens (primary N) is 1. The van der Waals surface area contributed by atoms with Crippen molar-refractivity contribution in [3.8, 4) is 5.75 Å². The number of carbonyl (C=O) groups is 1. The van der Waals surface area contributed by atoms with Crippen LogP contribution in [0.2, 0.25) is 0 Å². The van der Waals surface area contributed by atoms with Gasteiger partial charge in [-0.25, -0.2) is 0 Å². The minimum atomic E-state index is -5.87. The Morgan fingerprint density at radius 1 is 1.14 bits per heavy atom. The van der Waals surface area contributed by atoms with Crippen molar-refractivity contribution in [1.82, 2.24) is 0 Å². The van der Waals surface area contributed by atoms with Crippen LogP contribution in [0.5, 0.6) is 5.75 Å². The van der Waals surface area contributed by atoms with E-state index in [9.17, 15) is 31.3 Å². The van der Waals surface area contributed by atoms with E-state index in [-0.39, 0.29) is 50.9 Å². The lowest BCUT2D eigenvalue weighted by atomic mass is 9.94. The van der Waals surface area contributed by atoms with Gasteiger partial charge in [0.2, 0.25) is 5.91 Å². The molecule has 1 aliphatic carbocycles. The second kappa shape index (κ2) is 8.52. The van der Waals surface area contributed by atoms with Crippen LogP contribution >= 0.6 is 34.9 Å². The van der Waals surface area contributed by atoms with Gasteiger partial charge in [0.25, 0.3) is 0 Å². The molecule has 3 aromatic rings. The predicted octanol–water partition coefficient (Wildman–Crippen LogP) is 6.16. The molecular weight excluding hydrogens is 584 g/mol. The molecule has 188 valence electrons. The molecule has 1 saturated carbocycles. The molecule has 0 unspecified atom stereocenters. The summed E-state index contributed by atoms with van der Waals surface area (Å²) >= 11 is 3.30. The third kappa shape index (κ3) is 4.48. The molecule has 1 heterocycles. The summed E-state index contributed by atoms with van der Waals surface area (Å²) in [4.78, 5) is 29.0. The zero-order valence-corrected chi connectivity index (χ0v) is 20.7. The average molecular weight is 600 g/mol. The Hall–Kier alpha value is -2.05. The van der Waals surface area contributed by atoms with Crippen LogP contribution in [0.1, 0.15) is 39.2 Å². The highest BCUT2D eigenvalue weighted by Gasteiger charge is 2.64. The lowest BCUT2D eigenvalue weighted by Crippen LogP contribution is -2.28. The molecule has 1 fully saturated rings. The zero-order chi connectivity index (χ0) is 26.0. The number of hydrogen-bond acceptors (Lipinski definition) is 4. The zero-order valence-electron chi connectivity index (χ0n) is 17.4. The smallest absolute Gasteiger partial charge is 0.400 e. The second-order valence-corrected chi connectivity index (χ2v) is 11.6. The van der Waals surface area contributed by atoms with E-state index in [2.05, 4.69) is 15.9 Å². The fraction of sp³-hybridized carbons (Fsp3) is 0.286. The Morgan fingerprint density at radius 3 is 2.23 bits per heavy atom. The second-order valence-electron chi connectivity index (χ2n) is 8.11. The first kappa shape index (κ1) is 26.0. The summed E-state index contributed by atoms with van der Waals surface area (Å²) in [5.41, 5.74) is -0.515. The molecule has 0 aliphatic heterocycles. The van der Waals surface area contributed by atoms with Gasteiger partial charge in [-0.2, -0.15) is 22.0 Å². The van der Waals surface area contributed by atoms with E-state index in [0.717, 1.165) is 0 Å². The van der Waals surface area contributed by atoms with Gasteiger partial charge < -0.3 is 20.3 Å². The molecule has 0 spiro atoms. The Bertz CT molecular complexity index is 1370. The molecule has 1 aromatic heterocycles. The normalized spacial score (nSPS) is 15.9. The molecule has 0 radical (unpaired) electrons. The topological polar surface area (TPSA) is 110 Å². The molecule has 14 heteroatoms. The fourth-order valence-corrected chi connectivity index (χ4v) is 6.63. The first-order valence-electron chi connectivity index (χ1n) is 9.87. The van der Waals surface area contributed by atoms with Crippen LogP contribution in [0.3, 0.4) is 0 Å². The van der Waals surface area contributed by atoms with Gasteiger partial charge in [-0.1, -0.05) is 24.3 Å². The number of thiophene rings is 1. The monoisotopic (exact) mass is 599 g/mol. The van der Waals surface area contributed by atoms with Crippen LogP contribution in [0.25, 0.3) is 10.1 Å². The van der Waals surface area contributed by atoms with Gasteiger partial charge in [-0.05, 0) is 52.0 Å². The van der Waals surface area contributed by atoms with Gasteiger partial charge in [-0.3, -0.25) is 9.36 Å². The minimum Gasteiger partial charge on any atom is -0.487 e. The van der Waals surface area contributed by atoms with E-state index >= 15 is 0 Å². The van der Waals surface area contributed by atoms with Crippen molar-refractivity contribution in [3.63, 3.8) is 0 Å². The summed E-state index contributed by atoms with van der Waals surface area (Å²) in [6.07, 6.45) is -4.33. The third-order valence-electron chi connectivity index (χ3n) is 5.81. The van der Waals surface area contributed by atoms with E-state index in [1.807, 2.05) is 0 Å². The molecule has 2 aromatic carbocycles. The van der Waals surface area contributed by atoms with Gasteiger partial charge in [0.05, 0.1) is 10.1 Å². The Balaban J connectivity index is 1.68. The highest BCUT2D eigenvalue weighted by atomic mass is 79.9. The van der Waals surface area contributed by atoms with E-state index < -0.39 is 35.6 Å². The summed E-state index contributed by atoms with van der Waals surface area (Å²) < 4.78 is 85.6. The lowest BCUT2D eigenvalue weighted by Gasteiger charge is -2.19. The summed E-state index contributed by atoms with van der Waals surface area (Å²) in [7, 11) is -5.87. The number of carbonyl (C=O) groups excluding carboxylic acids is 1. The van der Waals surface area contributed by atoms with Crippen molar-refractivity contribution >= 4 is 50.9 Å². The molecule has 35 heavy (non-hydrogen) atoms. The largest absolute Gasteiger partial charge is 0.487 e. The number of hydrogen-bond donors (Lipinski definition) is 3. The molecule has 6 nitrogen and oxygen atoms in total. The Labute approximate surface area is 207 Å². The van der Waals surface area contributed by atoms with Crippen molar-refractivity contribution in [2.45, 2.75) is 36.7 Å². The Morgan fingerprint density at radius 2 is 1.74 bits per heavy atom. The quantitative estimate of drug-likeness (QED) is 0.222. The average Bonchev–Trinajstić information content (AvgIpc) is 3.51. The van der Waals surface area contributed by atoms with Crippen molar-refractivity contribution < 1.29 is 45.8 Å².